The van der Waals surface area contributed by atoms with Gasteiger partial charge in [0, 0.05) is 6.07 Å². The van der Waals surface area contributed by atoms with E-state index in [9.17, 15) is 8.42 Å². The van der Waals surface area contributed by atoms with Crippen LogP contribution in [0.15, 0.2) is 77.3 Å². The Labute approximate surface area is 166 Å². The lowest BCUT2D eigenvalue weighted by Crippen LogP contribution is -2.01. The largest absolute Gasteiger partial charge is 0.489 e. The Bertz CT molecular complexity index is 1020. The molecular formula is C20H17BrO5S. The van der Waals surface area contributed by atoms with Crippen LogP contribution in [0.4, 0.5) is 0 Å². The Kier molecular flexibility index (Phi) is 6.15. The van der Waals surface area contributed by atoms with Gasteiger partial charge in [-0.15, -0.1) is 0 Å². The van der Waals surface area contributed by atoms with Gasteiger partial charge in [0.1, 0.15) is 29.6 Å². The SMILES string of the molecule is O=S(=O)(O)Cc1ccc(Oc2cccc(OCc3ccccc3)c2)c(Br)c1. The predicted octanol–water partition coefficient (Wildman–Crippen LogP) is 5.21. The van der Waals surface area contributed by atoms with Gasteiger partial charge in [-0.3, -0.25) is 4.55 Å². The van der Waals surface area contributed by atoms with Crippen LogP contribution in [0, 0.1) is 0 Å². The molecule has 0 amide bonds. The lowest BCUT2D eigenvalue weighted by Gasteiger charge is -2.11. The fourth-order valence-corrected chi connectivity index (χ4v) is 3.53. The van der Waals surface area contributed by atoms with E-state index >= 15 is 0 Å². The van der Waals surface area contributed by atoms with E-state index < -0.39 is 15.9 Å². The molecule has 0 saturated carbocycles. The van der Waals surface area contributed by atoms with Crippen molar-refractivity contribution in [3.8, 4) is 17.2 Å². The second-order valence-corrected chi connectivity index (χ2v) is 8.15. The molecule has 0 bridgehead atoms. The third-order valence-corrected chi connectivity index (χ3v) is 4.94. The van der Waals surface area contributed by atoms with Gasteiger partial charge in [-0.2, -0.15) is 8.42 Å². The second-order valence-electron chi connectivity index (χ2n) is 5.84. The topological polar surface area (TPSA) is 72.8 Å². The van der Waals surface area contributed by atoms with Crippen molar-refractivity contribution in [2.45, 2.75) is 12.4 Å². The Morgan fingerprint density at radius 3 is 2.30 bits per heavy atom. The van der Waals surface area contributed by atoms with Crippen LogP contribution in [0.5, 0.6) is 17.2 Å². The molecule has 0 spiro atoms. The fraction of sp³-hybridized carbons (Fsp3) is 0.100. The van der Waals surface area contributed by atoms with Crippen molar-refractivity contribution in [3.63, 3.8) is 0 Å². The van der Waals surface area contributed by atoms with Gasteiger partial charge in [0.2, 0.25) is 0 Å². The number of halogens is 1. The molecule has 27 heavy (non-hydrogen) atoms. The molecule has 3 aromatic rings. The van der Waals surface area contributed by atoms with Crippen LogP contribution >= 0.6 is 15.9 Å². The van der Waals surface area contributed by atoms with Crippen molar-refractivity contribution in [2.75, 3.05) is 0 Å². The number of benzene rings is 3. The van der Waals surface area contributed by atoms with Gasteiger partial charge in [0.05, 0.1) is 4.47 Å². The van der Waals surface area contributed by atoms with Crippen LogP contribution in [0.25, 0.3) is 0 Å². The Balaban J connectivity index is 1.69. The fourth-order valence-electron chi connectivity index (χ4n) is 2.42. The molecule has 0 aliphatic carbocycles. The van der Waals surface area contributed by atoms with E-state index in [2.05, 4.69) is 15.9 Å². The highest BCUT2D eigenvalue weighted by molar-refractivity contribution is 9.10. The molecule has 1 N–H and O–H groups in total. The predicted molar refractivity (Wildman–Crippen MR) is 107 cm³/mol. The maximum atomic E-state index is 11.0. The summed E-state index contributed by atoms with van der Waals surface area (Å²) in [5.41, 5.74) is 1.53. The summed E-state index contributed by atoms with van der Waals surface area (Å²) in [6.45, 7) is 0.457. The lowest BCUT2D eigenvalue weighted by molar-refractivity contribution is 0.304. The van der Waals surface area contributed by atoms with E-state index in [1.807, 2.05) is 42.5 Å². The van der Waals surface area contributed by atoms with Crippen LogP contribution in [0.2, 0.25) is 0 Å². The third-order valence-electron chi connectivity index (χ3n) is 3.63. The van der Waals surface area contributed by atoms with E-state index in [0.717, 1.165) is 5.56 Å². The van der Waals surface area contributed by atoms with Crippen LogP contribution < -0.4 is 9.47 Å². The van der Waals surface area contributed by atoms with E-state index in [0.29, 0.717) is 33.9 Å². The van der Waals surface area contributed by atoms with Crippen molar-refractivity contribution >= 4 is 26.0 Å². The molecule has 5 nitrogen and oxygen atoms in total. The first-order valence-corrected chi connectivity index (χ1v) is 10.5. The highest BCUT2D eigenvalue weighted by atomic mass is 79.9. The molecule has 140 valence electrons. The Morgan fingerprint density at radius 2 is 1.59 bits per heavy atom. The highest BCUT2D eigenvalue weighted by Crippen LogP contribution is 2.32. The monoisotopic (exact) mass is 448 g/mol. The standard InChI is InChI=1S/C20H17BrO5S/c21-19-11-16(14-27(22,23)24)9-10-20(19)26-18-8-4-7-17(12-18)25-13-15-5-2-1-3-6-15/h1-12H,13-14H2,(H,22,23,24). The van der Waals surface area contributed by atoms with E-state index in [1.54, 1.807) is 30.3 Å². The molecule has 0 aromatic heterocycles. The minimum Gasteiger partial charge on any atom is -0.489 e. The van der Waals surface area contributed by atoms with Gasteiger partial charge < -0.3 is 9.47 Å². The summed E-state index contributed by atoms with van der Waals surface area (Å²) in [5.74, 6) is 1.34. The molecule has 0 aliphatic heterocycles. The van der Waals surface area contributed by atoms with Crippen LogP contribution in [0.1, 0.15) is 11.1 Å². The molecular weight excluding hydrogens is 432 g/mol. The average Bonchev–Trinajstić information content (AvgIpc) is 2.62. The molecule has 3 rings (SSSR count). The molecule has 0 atom stereocenters. The van der Waals surface area contributed by atoms with Crippen molar-refractivity contribution < 1.29 is 22.4 Å². The van der Waals surface area contributed by atoms with Crippen LogP contribution in [0.3, 0.4) is 0 Å². The molecule has 0 radical (unpaired) electrons. The minimum absolute atomic E-state index is 0.450. The van der Waals surface area contributed by atoms with E-state index in [4.69, 9.17) is 14.0 Å². The van der Waals surface area contributed by atoms with Gasteiger partial charge in [0.25, 0.3) is 10.1 Å². The minimum atomic E-state index is -4.08. The molecule has 7 heteroatoms. The summed E-state index contributed by atoms with van der Waals surface area (Å²) in [6.07, 6.45) is 0. The summed E-state index contributed by atoms with van der Waals surface area (Å²) >= 11 is 3.36. The normalized spacial score (nSPS) is 11.2. The first-order chi connectivity index (χ1) is 12.9. The number of hydrogen-bond donors (Lipinski definition) is 1. The summed E-state index contributed by atoms with van der Waals surface area (Å²) < 4.78 is 43.1. The first-order valence-electron chi connectivity index (χ1n) is 8.07. The van der Waals surface area contributed by atoms with E-state index in [-0.39, 0.29) is 0 Å². The number of rotatable bonds is 7. The number of ether oxygens (including phenoxy) is 2. The number of hydrogen-bond acceptors (Lipinski definition) is 4. The Morgan fingerprint density at radius 1 is 0.852 bits per heavy atom. The molecule has 0 unspecified atom stereocenters. The van der Waals surface area contributed by atoms with E-state index in [1.165, 1.54) is 0 Å². The smallest absolute Gasteiger partial charge is 0.269 e. The average molecular weight is 449 g/mol. The molecule has 0 fully saturated rings. The molecule has 0 aliphatic rings. The quantitative estimate of drug-likeness (QED) is 0.502. The summed E-state index contributed by atoms with van der Waals surface area (Å²) in [7, 11) is -4.08. The van der Waals surface area contributed by atoms with Gasteiger partial charge >= 0.3 is 0 Å². The van der Waals surface area contributed by atoms with Crippen LogP contribution in [-0.4, -0.2) is 13.0 Å². The zero-order valence-electron chi connectivity index (χ0n) is 14.2. The molecule has 3 aromatic carbocycles. The zero-order chi connectivity index (χ0) is 19.3. The first kappa shape index (κ1) is 19.4. The van der Waals surface area contributed by atoms with Gasteiger partial charge in [-0.25, -0.2) is 0 Å². The van der Waals surface area contributed by atoms with Crippen molar-refractivity contribution in [3.05, 3.63) is 88.4 Å². The lowest BCUT2D eigenvalue weighted by atomic mass is 10.2. The highest BCUT2D eigenvalue weighted by Gasteiger charge is 2.10. The second kappa shape index (κ2) is 8.56. The molecule has 0 heterocycles. The summed E-state index contributed by atoms with van der Waals surface area (Å²) in [4.78, 5) is 0. The van der Waals surface area contributed by atoms with Gasteiger partial charge in [-0.05, 0) is 51.3 Å². The van der Waals surface area contributed by atoms with Crippen molar-refractivity contribution in [1.82, 2.24) is 0 Å². The third kappa shape index (κ3) is 6.09. The summed E-state index contributed by atoms with van der Waals surface area (Å²) in [5, 5.41) is 0. The molecule has 0 saturated heterocycles. The zero-order valence-corrected chi connectivity index (χ0v) is 16.6. The summed E-state index contributed by atoms with van der Waals surface area (Å²) in [6, 6.07) is 21.9. The maximum Gasteiger partial charge on any atom is 0.269 e. The maximum absolute atomic E-state index is 11.0. The Hall–Kier alpha value is -2.35. The van der Waals surface area contributed by atoms with Crippen molar-refractivity contribution in [1.29, 1.82) is 0 Å². The van der Waals surface area contributed by atoms with Gasteiger partial charge in [0.15, 0.2) is 0 Å². The van der Waals surface area contributed by atoms with Gasteiger partial charge in [-0.1, -0.05) is 42.5 Å². The van der Waals surface area contributed by atoms with Crippen molar-refractivity contribution in [2.24, 2.45) is 0 Å². The van der Waals surface area contributed by atoms with Crippen LogP contribution in [-0.2, 0) is 22.5 Å².